The van der Waals surface area contributed by atoms with Crippen LogP contribution >= 0.6 is 0 Å². The fourth-order valence-electron chi connectivity index (χ4n) is 4.35. The molecule has 2 aromatic rings. The number of hydrogen-bond acceptors (Lipinski definition) is 3. The number of benzene rings is 1. The number of amides is 1. The smallest absolute Gasteiger partial charge is 0.227 e. The van der Waals surface area contributed by atoms with Gasteiger partial charge in [-0.1, -0.05) is 19.3 Å². The van der Waals surface area contributed by atoms with Gasteiger partial charge >= 0.3 is 0 Å². The van der Waals surface area contributed by atoms with Crippen molar-refractivity contribution in [1.82, 2.24) is 4.98 Å². The highest BCUT2D eigenvalue weighted by atomic mass is 16.1. The van der Waals surface area contributed by atoms with Crippen molar-refractivity contribution in [2.75, 3.05) is 23.3 Å². The molecule has 2 fully saturated rings. The van der Waals surface area contributed by atoms with Crippen LogP contribution in [0.5, 0.6) is 0 Å². The van der Waals surface area contributed by atoms with Crippen molar-refractivity contribution in [2.45, 2.75) is 58.3 Å². The van der Waals surface area contributed by atoms with Gasteiger partial charge in [0.1, 0.15) is 5.82 Å². The number of hydrogen-bond donors (Lipinski definition) is 1. The maximum atomic E-state index is 12.5. The van der Waals surface area contributed by atoms with Crippen LogP contribution in [0.2, 0.25) is 0 Å². The summed E-state index contributed by atoms with van der Waals surface area (Å²) < 4.78 is 0. The normalized spacial score (nSPS) is 18.9. The molecule has 1 N–H and O–H groups in total. The number of nitrogens with one attached hydrogen (secondary N) is 1. The summed E-state index contributed by atoms with van der Waals surface area (Å²) in [5.41, 5.74) is 3.13. The lowest BCUT2D eigenvalue weighted by Crippen LogP contribution is -2.30. The highest BCUT2D eigenvalue weighted by molar-refractivity contribution is 5.96. The van der Waals surface area contributed by atoms with E-state index in [1.807, 2.05) is 12.1 Å². The fraction of sp³-hybridized carbons (Fsp3) is 0.545. The molecule has 4 nitrogen and oxygen atoms in total. The first kappa shape index (κ1) is 17.3. The second-order valence-electron chi connectivity index (χ2n) is 7.90. The molecule has 0 atom stereocenters. The average molecular weight is 351 g/mol. The lowest BCUT2D eigenvalue weighted by molar-refractivity contribution is -0.120. The van der Waals surface area contributed by atoms with Gasteiger partial charge in [-0.25, -0.2) is 4.98 Å². The summed E-state index contributed by atoms with van der Waals surface area (Å²) in [4.78, 5) is 19.8. The van der Waals surface area contributed by atoms with Gasteiger partial charge in [0.05, 0.1) is 5.52 Å². The van der Waals surface area contributed by atoms with Crippen molar-refractivity contribution in [2.24, 2.45) is 5.92 Å². The molecule has 1 saturated carbocycles. The number of anilines is 2. The molecule has 1 amide bonds. The Morgan fingerprint density at radius 1 is 1.04 bits per heavy atom. The van der Waals surface area contributed by atoms with Gasteiger partial charge in [-0.3, -0.25) is 4.79 Å². The second-order valence-corrected chi connectivity index (χ2v) is 7.90. The van der Waals surface area contributed by atoms with Crippen LogP contribution in [0.4, 0.5) is 11.5 Å². The van der Waals surface area contributed by atoms with Gasteiger partial charge in [0.2, 0.25) is 5.91 Å². The number of rotatable bonds is 3. The van der Waals surface area contributed by atoms with Gasteiger partial charge in [-0.2, -0.15) is 0 Å². The van der Waals surface area contributed by atoms with E-state index in [-0.39, 0.29) is 11.8 Å². The van der Waals surface area contributed by atoms with E-state index in [1.165, 1.54) is 44.1 Å². The molecular weight excluding hydrogens is 322 g/mol. The number of aryl methyl sites for hydroxylation is 1. The third-order valence-corrected chi connectivity index (χ3v) is 5.93. The molecule has 1 saturated heterocycles. The minimum Gasteiger partial charge on any atom is -0.357 e. The van der Waals surface area contributed by atoms with Crippen molar-refractivity contribution in [3.05, 3.63) is 29.8 Å². The molecule has 4 rings (SSSR count). The Bertz CT molecular complexity index is 789. The van der Waals surface area contributed by atoms with Crippen molar-refractivity contribution in [3.8, 4) is 0 Å². The molecule has 1 aliphatic carbocycles. The Morgan fingerprint density at radius 3 is 2.54 bits per heavy atom. The number of carbonyl (C=O) groups excluding carboxylic acids is 1. The van der Waals surface area contributed by atoms with E-state index in [9.17, 15) is 4.79 Å². The lowest BCUT2D eigenvalue weighted by atomic mass is 9.88. The second kappa shape index (κ2) is 7.65. The largest absolute Gasteiger partial charge is 0.357 e. The van der Waals surface area contributed by atoms with Gasteiger partial charge < -0.3 is 10.2 Å². The van der Waals surface area contributed by atoms with Crippen LogP contribution in [0.1, 0.15) is 56.9 Å². The SMILES string of the molecule is Cc1cc(N2CCCCC2)nc2ccc(NC(=O)C3CCCCC3)cc12. The Morgan fingerprint density at radius 2 is 1.77 bits per heavy atom. The summed E-state index contributed by atoms with van der Waals surface area (Å²) in [6, 6.07) is 8.32. The van der Waals surface area contributed by atoms with Crippen LogP contribution in [-0.2, 0) is 4.79 Å². The van der Waals surface area contributed by atoms with Gasteiger partial charge in [-0.05, 0) is 68.9 Å². The minimum absolute atomic E-state index is 0.180. The molecule has 26 heavy (non-hydrogen) atoms. The number of pyridine rings is 1. The molecule has 0 spiro atoms. The predicted octanol–water partition coefficient (Wildman–Crippen LogP) is 5.05. The van der Waals surface area contributed by atoms with Crippen LogP contribution in [0.15, 0.2) is 24.3 Å². The standard InChI is InChI=1S/C22H29N3O/c1-16-14-21(25-12-6-3-7-13-25)24-20-11-10-18(15-19(16)20)23-22(26)17-8-4-2-5-9-17/h10-11,14-15,17H,2-9,12-13H2,1H3,(H,23,26). The van der Waals surface area contributed by atoms with E-state index >= 15 is 0 Å². The van der Waals surface area contributed by atoms with Crippen LogP contribution in [0, 0.1) is 12.8 Å². The molecular formula is C22H29N3O. The number of nitrogens with zero attached hydrogens (tertiary/aromatic N) is 2. The first-order chi connectivity index (χ1) is 12.7. The molecule has 2 aliphatic rings. The molecule has 4 heteroatoms. The molecule has 2 heterocycles. The number of fused-ring (bicyclic) bond motifs is 1. The molecule has 1 aliphatic heterocycles. The van der Waals surface area contributed by atoms with Crippen LogP contribution < -0.4 is 10.2 Å². The van der Waals surface area contributed by atoms with E-state index in [2.05, 4.69) is 29.3 Å². The fourth-order valence-corrected chi connectivity index (χ4v) is 4.35. The van der Waals surface area contributed by atoms with Gasteiger partial charge in [-0.15, -0.1) is 0 Å². The Kier molecular flexibility index (Phi) is 5.09. The van der Waals surface area contributed by atoms with Crippen molar-refractivity contribution >= 4 is 28.3 Å². The zero-order chi connectivity index (χ0) is 17.9. The summed E-state index contributed by atoms with van der Waals surface area (Å²) in [5, 5.41) is 4.26. The Labute approximate surface area is 156 Å². The zero-order valence-electron chi connectivity index (χ0n) is 15.8. The first-order valence-electron chi connectivity index (χ1n) is 10.2. The predicted molar refractivity (Wildman–Crippen MR) is 108 cm³/mol. The van der Waals surface area contributed by atoms with Crippen molar-refractivity contribution in [1.29, 1.82) is 0 Å². The third kappa shape index (κ3) is 3.69. The maximum absolute atomic E-state index is 12.5. The summed E-state index contributed by atoms with van der Waals surface area (Å²) in [6.45, 7) is 4.35. The third-order valence-electron chi connectivity index (χ3n) is 5.93. The average Bonchev–Trinajstić information content (AvgIpc) is 2.69. The number of carbonyl (C=O) groups is 1. The van der Waals surface area contributed by atoms with Crippen molar-refractivity contribution in [3.63, 3.8) is 0 Å². The van der Waals surface area contributed by atoms with Crippen LogP contribution in [-0.4, -0.2) is 24.0 Å². The summed E-state index contributed by atoms with van der Waals surface area (Å²) >= 11 is 0. The number of aromatic nitrogens is 1. The minimum atomic E-state index is 0.180. The molecule has 0 unspecified atom stereocenters. The molecule has 1 aromatic heterocycles. The quantitative estimate of drug-likeness (QED) is 0.841. The Hall–Kier alpha value is -2.10. The topological polar surface area (TPSA) is 45.2 Å². The maximum Gasteiger partial charge on any atom is 0.227 e. The van der Waals surface area contributed by atoms with E-state index in [0.29, 0.717) is 0 Å². The van der Waals surface area contributed by atoms with E-state index in [1.54, 1.807) is 0 Å². The van der Waals surface area contributed by atoms with E-state index in [4.69, 9.17) is 4.98 Å². The van der Waals surface area contributed by atoms with Gasteiger partial charge in [0, 0.05) is 30.1 Å². The first-order valence-corrected chi connectivity index (χ1v) is 10.2. The monoisotopic (exact) mass is 351 g/mol. The van der Waals surface area contributed by atoms with Gasteiger partial charge in [0.25, 0.3) is 0 Å². The summed E-state index contributed by atoms with van der Waals surface area (Å²) in [5.74, 6) is 1.45. The number of piperidine rings is 1. The highest BCUT2D eigenvalue weighted by Crippen LogP contribution is 2.28. The van der Waals surface area contributed by atoms with Gasteiger partial charge in [0.15, 0.2) is 0 Å². The van der Waals surface area contributed by atoms with Crippen molar-refractivity contribution < 1.29 is 4.79 Å². The molecule has 138 valence electrons. The summed E-state index contributed by atoms with van der Waals surface area (Å²) in [7, 11) is 0. The highest BCUT2D eigenvalue weighted by Gasteiger charge is 2.21. The zero-order valence-corrected chi connectivity index (χ0v) is 15.8. The Balaban J connectivity index is 1.55. The van der Waals surface area contributed by atoms with E-state index in [0.717, 1.165) is 48.3 Å². The molecule has 1 aromatic carbocycles. The lowest BCUT2D eigenvalue weighted by Gasteiger charge is -2.28. The van der Waals surface area contributed by atoms with E-state index < -0.39 is 0 Å². The molecule has 0 bridgehead atoms. The van der Waals surface area contributed by atoms with Crippen LogP contribution in [0.3, 0.4) is 0 Å². The summed E-state index contributed by atoms with van der Waals surface area (Å²) in [6.07, 6.45) is 9.52. The molecule has 0 radical (unpaired) electrons. The van der Waals surface area contributed by atoms with Crippen LogP contribution in [0.25, 0.3) is 10.9 Å².